The molecule has 0 aliphatic carbocycles. The molecule has 1 heterocycles. The molecule has 1 unspecified atom stereocenters. The van der Waals surface area contributed by atoms with Gasteiger partial charge in [-0.25, -0.2) is 4.79 Å². The summed E-state index contributed by atoms with van der Waals surface area (Å²) in [4.78, 5) is 11.9. The molecule has 1 aromatic heterocycles. The molecule has 0 spiro atoms. The minimum absolute atomic E-state index is 0.303. The monoisotopic (exact) mass is 262 g/mol. The van der Waals surface area contributed by atoms with Gasteiger partial charge in [-0.1, -0.05) is 0 Å². The van der Waals surface area contributed by atoms with Gasteiger partial charge >= 0.3 is 5.63 Å². The maximum atomic E-state index is 11.9. The first-order valence-corrected chi connectivity index (χ1v) is 6.40. The number of hydrogen-bond donors (Lipinski definition) is 1. The van der Waals surface area contributed by atoms with Gasteiger partial charge in [0.15, 0.2) is 0 Å². The molecule has 0 fully saturated rings. The molecule has 0 saturated heterocycles. The zero-order chi connectivity index (χ0) is 14.0. The van der Waals surface area contributed by atoms with Crippen LogP contribution in [0.2, 0.25) is 0 Å². The van der Waals surface area contributed by atoms with Gasteiger partial charge in [0.1, 0.15) is 11.3 Å². The van der Waals surface area contributed by atoms with Gasteiger partial charge in [0.25, 0.3) is 0 Å². The first-order valence-electron chi connectivity index (χ1n) is 6.40. The average molecular weight is 262 g/mol. The Kier molecular flexibility index (Phi) is 3.90. The van der Waals surface area contributed by atoms with Crippen molar-refractivity contribution < 1.29 is 14.3 Å². The lowest BCUT2D eigenvalue weighted by molar-refractivity contribution is 0.194. The Hall–Kier alpha value is -1.81. The Morgan fingerprint density at radius 1 is 1.42 bits per heavy atom. The maximum Gasteiger partial charge on any atom is 0.339 e. The highest BCUT2D eigenvalue weighted by atomic mass is 16.5. The van der Waals surface area contributed by atoms with Gasteiger partial charge in [0.05, 0.1) is 12.7 Å². The molecule has 0 bridgehead atoms. The highest BCUT2D eigenvalue weighted by Gasteiger charge is 2.13. The molecule has 1 atom stereocenters. The van der Waals surface area contributed by atoms with E-state index in [0.717, 1.165) is 10.9 Å². The second-order valence-electron chi connectivity index (χ2n) is 4.64. The number of ether oxygens (including phenoxy) is 1. The van der Waals surface area contributed by atoms with Crippen molar-refractivity contribution in [1.29, 1.82) is 0 Å². The van der Waals surface area contributed by atoms with Gasteiger partial charge in [-0.2, -0.15) is 0 Å². The lowest BCUT2D eigenvalue weighted by Crippen LogP contribution is -2.16. The number of hydrogen-bond acceptors (Lipinski definition) is 4. The second kappa shape index (κ2) is 5.45. The molecular formula is C15H18O4. The largest absolute Gasteiger partial charge is 0.494 e. The topological polar surface area (TPSA) is 59.7 Å². The van der Waals surface area contributed by atoms with Crippen LogP contribution in [0.3, 0.4) is 0 Å². The number of aliphatic hydroxyl groups is 1. The van der Waals surface area contributed by atoms with Crippen LogP contribution in [0, 0.1) is 6.92 Å². The SMILES string of the molecule is CCOc1ccc2c(C)c(CC(C)O)c(=O)oc2c1. The summed E-state index contributed by atoms with van der Waals surface area (Å²) in [5.74, 6) is 0.681. The minimum atomic E-state index is -0.568. The van der Waals surface area contributed by atoms with Crippen molar-refractivity contribution in [2.45, 2.75) is 33.3 Å². The van der Waals surface area contributed by atoms with Crippen LogP contribution in [-0.2, 0) is 6.42 Å². The fourth-order valence-corrected chi connectivity index (χ4v) is 2.16. The van der Waals surface area contributed by atoms with E-state index in [4.69, 9.17) is 9.15 Å². The van der Waals surface area contributed by atoms with E-state index in [1.165, 1.54) is 0 Å². The highest BCUT2D eigenvalue weighted by molar-refractivity contribution is 5.82. The van der Waals surface area contributed by atoms with E-state index in [2.05, 4.69) is 0 Å². The Morgan fingerprint density at radius 2 is 2.16 bits per heavy atom. The molecule has 0 radical (unpaired) electrons. The van der Waals surface area contributed by atoms with Crippen LogP contribution in [0.1, 0.15) is 25.0 Å². The van der Waals surface area contributed by atoms with Crippen molar-refractivity contribution in [1.82, 2.24) is 0 Å². The molecule has 102 valence electrons. The van der Waals surface area contributed by atoms with Crippen LogP contribution >= 0.6 is 0 Å². The van der Waals surface area contributed by atoms with Crippen molar-refractivity contribution in [3.05, 3.63) is 39.7 Å². The van der Waals surface area contributed by atoms with Gasteiger partial charge < -0.3 is 14.3 Å². The lowest BCUT2D eigenvalue weighted by Gasteiger charge is -2.10. The first kappa shape index (κ1) is 13.6. The van der Waals surface area contributed by atoms with Gasteiger partial charge in [-0.15, -0.1) is 0 Å². The summed E-state index contributed by atoms with van der Waals surface area (Å²) >= 11 is 0. The van der Waals surface area contributed by atoms with Crippen LogP contribution in [-0.4, -0.2) is 17.8 Å². The van der Waals surface area contributed by atoms with Crippen LogP contribution in [0.15, 0.2) is 27.4 Å². The molecule has 0 saturated carbocycles. The zero-order valence-electron chi connectivity index (χ0n) is 11.4. The summed E-state index contributed by atoms with van der Waals surface area (Å²) in [5, 5.41) is 10.3. The summed E-state index contributed by atoms with van der Waals surface area (Å²) in [6.07, 6.45) is -0.265. The third-order valence-electron chi connectivity index (χ3n) is 3.07. The van der Waals surface area contributed by atoms with Crippen LogP contribution in [0.4, 0.5) is 0 Å². The summed E-state index contributed by atoms with van der Waals surface area (Å²) in [6.45, 7) is 5.99. The predicted molar refractivity (Wildman–Crippen MR) is 73.8 cm³/mol. The molecular weight excluding hydrogens is 244 g/mol. The van der Waals surface area contributed by atoms with Crippen molar-refractivity contribution in [2.75, 3.05) is 6.61 Å². The van der Waals surface area contributed by atoms with E-state index < -0.39 is 6.10 Å². The Morgan fingerprint density at radius 3 is 2.79 bits per heavy atom. The third-order valence-corrected chi connectivity index (χ3v) is 3.07. The molecule has 2 rings (SSSR count). The minimum Gasteiger partial charge on any atom is -0.494 e. The zero-order valence-corrected chi connectivity index (χ0v) is 11.4. The van der Waals surface area contributed by atoms with E-state index in [0.29, 0.717) is 29.9 Å². The fraction of sp³-hybridized carbons (Fsp3) is 0.400. The average Bonchev–Trinajstić information content (AvgIpc) is 2.34. The number of aryl methyl sites for hydroxylation is 1. The van der Waals surface area contributed by atoms with Crippen molar-refractivity contribution >= 4 is 11.0 Å². The van der Waals surface area contributed by atoms with Gasteiger partial charge in [0.2, 0.25) is 0 Å². The van der Waals surface area contributed by atoms with Crippen molar-refractivity contribution in [3.8, 4) is 5.75 Å². The first-order chi connectivity index (χ1) is 9.02. The summed E-state index contributed by atoms with van der Waals surface area (Å²) in [7, 11) is 0. The predicted octanol–water partition coefficient (Wildman–Crippen LogP) is 2.42. The Balaban J connectivity index is 2.59. The summed E-state index contributed by atoms with van der Waals surface area (Å²) in [5.41, 5.74) is 1.52. The normalized spacial score (nSPS) is 12.6. The Bertz CT molecular complexity index is 640. The molecule has 19 heavy (non-hydrogen) atoms. The lowest BCUT2D eigenvalue weighted by atomic mass is 10.0. The molecule has 4 heteroatoms. The van der Waals surface area contributed by atoms with E-state index >= 15 is 0 Å². The number of aliphatic hydroxyl groups excluding tert-OH is 1. The van der Waals surface area contributed by atoms with E-state index in [1.807, 2.05) is 26.0 Å². The molecule has 4 nitrogen and oxygen atoms in total. The standard InChI is InChI=1S/C15H18O4/c1-4-18-11-5-6-12-10(3)13(7-9(2)16)15(17)19-14(12)8-11/h5-6,8-9,16H,4,7H2,1-3H3. The molecule has 2 aromatic rings. The molecule has 1 aromatic carbocycles. The van der Waals surface area contributed by atoms with E-state index in [1.54, 1.807) is 13.0 Å². The third kappa shape index (κ3) is 2.79. The maximum absolute atomic E-state index is 11.9. The van der Waals surface area contributed by atoms with Crippen molar-refractivity contribution in [3.63, 3.8) is 0 Å². The fourth-order valence-electron chi connectivity index (χ4n) is 2.16. The highest BCUT2D eigenvalue weighted by Crippen LogP contribution is 2.24. The number of fused-ring (bicyclic) bond motifs is 1. The summed E-state index contributed by atoms with van der Waals surface area (Å²) < 4.78 is 10.7. The number of benzene rings is 1. The van der Waals surface area contributed by atoms with Crippen LogP contribution in [0.25, 0.3) is 11.0 Å². The smallest absolute Gasteiger partial charge is 0.339 e. The molecule has 0 aliphatic heterocycles. The van der Waals surface area contributed by atoms with Crippen LogP contribution < -0.4 is 10.4 Å². The summed E-state index contributed by atoms with van der Waals surface area (Å²) in [6, 6.07) is 5.45. The molecule has 1 N–H and O–H groups in total. The van der Waals surface area contributed by atoms with Crippen molar-refractivity contribution in [2.24, 2.45) is 0 Å². The van der Waals surface area contributed by atoms with Gasteiger partial charge in [0, 0.05) is 23.4 Å². The van der Waals surface area contributed by atoms with E-state index in [9.17, 15) is 9.90 Å². The van der Waals surface area contributed by atoms with Gasteiger partial charge in [-0.05, 0) is 38.5 Å². The van der Waals surface area contributed by atoms with E-state index in [-0.39, 0.29) is 5.63 Å². The second-order valence-corrected chi connectivity index (χ2v) is 4.64. The Labute approximate surface area is 111 Å². The van der Waals surface area contributed by atoms with Gasteiger partial charge in [-0.3, -0.25) is 0 Å². The molecule has 0 amide bonds. The quantitative estimate of drug-likeness (QED) is 0.860. The molecule has 0 aliphatic rings. The number of rotatable bonds is 4. The van der Waals surface area contributed by atoms with Crippen LogP contribution in [0.5, 0.6) is 5.75 Å².